The predicted molar refractivity (Wildman–Crippen MR) is 109 cm³/mol. The van der Waals surface area contributed by atoms with Gasteiger partial charge in [0.2, 0.25) is 5.91 Å². The quantitative estimate of drug-likeness (QED) is 0.647. The van der Waals surface area contributed by atoms with Crippen molar-refractivity contribution >= 4 is 16.8 Å². The molecule has 0 spiro atoms. The highest BCUT2D eigenvalue weighted by Crippen LogP contribution is 2.08. The summed E-state index contributed by atoms with van der Waals surface area (Å²) in [6, 6.07) is 15.2. The number of carbonyl (C=O) groups is 1. The van der Waals surface area contributed by atoms with Gasteiger partial charge >= 0.3 is 0 Å². The molecule has 146 valence electrons. The molecular formula is C21H25N5O2. The van der Waals surface area contributed by atoms with E-state index in [9.17, 15) is 9.59 Å². The second-order valence-corrected chi connectivity index (χ2v) is 6.81. The molecule has 3 rings (SSSR count). The lowest BCUT2D eigenvalue weighted by molar-refractivity contribution is -0.121. The Morgan fingerprint density at radius 2 is 1.93 bits per heavy atom. The fraction of sp³-hybridized carbons (Fsp3) is 0.333. The zero-order valence-corrected chi connectivity index (χ0v) is 16.3. The molecule has 0 bridgehead atoms. The van der Waals surface area contributed by atoms with E-state index in [1.165, 1.54) is 10.2 Å². The molecule has 3 aromatic rings. The van der Waals surface area contributed by atoms with Crippen LogP contribution in [0.2, 0.25) is 0 Å². The van der Waals surface area contributed by atoms with Crippen LogP contribution in [-0.4, -0.2) is 39.4 Å². The molecule has 0 saturated heterocycles. The molecular weight excluding hydrogens is 354 g/mol. The largest absolute Gasteiger partial charge is 0.352 e. The van der Waals surface area contributed by atoms with Crippen molar-refractivity contribution in [1.29, 1.82) is 0 Å². The average molecular weight is 379 g/mol. The van der Waals surface area contributed by atoms with E-state index in [2.05, 4.69) is 46.6 Å². The SMILES string of the molecule is CCN(C)Cc1cccc(CNC(=O)CCn2nnc3ccccc3c2=O)c1. The van der Waals surface area contributed by atoms with Gasteiger partial charge < -0.3 is 10.2 Å². The Morgan fingerprint density at radius 3 is 2.75 bits per heavy atom. The molecule has 2 aromatic carbocycles. The molecule has 0 radical (unpaired) electrons. The van der Waals surface area contributed by atoms with Crippen molar-refractivity contribution in [2.24, 2.45) is 0 Å². The fourth-order valence-corrected chi connectivity index (χ4v) is 2.93. The minimum Gasteiger partial charge on any atom is -0.352 e. The minimum atomic E-state index is -0.230. The molecule has 1 amide bonds. The molecule has 0 aliphatic rings. The van der Waals surface area contributed by atoms with Crippen molar-refractivity contribution in [3.05, 3.63) is 70.0 Å². The molecule has 1 heterocycles. The lowest BCUT2D eigenvalue weighted by Gasteiger charge is -2.14. The number of nitrogens with one attached hydrogen (secondary N) is 1. The van der Waals surface area contributed by atoms with Crippen molar-refractivity contribution in [3.63, 3.8) is 0 Å². The van der Waals surface area contributed by atoms with Crippen LogP contribution >= 0.6 is 0 Å². The Morgan fingerprint density at radius 1 is 1.14 bits per heavy atom. The van der Waals surface area contributed by atoms with Crippen LogP contribution in [0.25, 0.3) is 10.9 Å². The first kappa shape index (κ1) is 19.7. The standard InChI is InChI=1S/C21H25N5O2/c1-3-25(2)15-17-8-6-7-16(13-17)14-22-20(27)11-12-26-21(28)18-9-4-5-10-19(18)23-24-26/h4-10,13H,3,11-12,14-15H2,1-2H3,(H,22,27). The van der Waals surface area contributed by atoms with Gasteiger partial charge in [-0.05, 0) is 36.9 Å². The molecule has 1 N–H and O–H groups in total. The number of benzene rings is 2. The highest BCUT2D eigenvalue weighted by molar-refractivity contribution is 5.77. The van der Waals surface area contributed by atoms with E-state index in [1.54, 1.807) is 18.2 Å². The zero-order chi connectivity index (χ0) is 19.9. The lowest BCUT2D eigenvalue weighted by Crippen LogP contribution is -2.29. The number of aryl methyl sites for hydroxylation is 1. The summed E-state index contributed by atoms with van der Waals surface area (Å²) in [7, 11) is 2.08. The predicted octanol–water partition coefficient (Wildman–Crippen LogP) is 1.95. The highest BCUT2D eigenvalue weighted by atomic mass is 16.2. The summed E-state index contributed by atoms with van der Waals surface area (Å²) in [5.74, 6) is -0.127. The van der Waals surface area contributed by atoms with Gasteiger partial charge in [0.05, 0.1) is 11.9 Å². The zero-order valence-electron chi connectivity index (χ0n) is 16.3. The third-order valence-corrected chi connectivity index (χ3v) is 4.65. The summed E-state index contributed by atoms with van der Waals surface area (Å²) in [5.41, 5.74) is 2.60. The molecule has 7 heteroatoms. The summed E-state index contributed by atoms with van der Waals surface area (Å²) < 4.78 is 1.24. The third kappa shape index (κ3) is 5.01. The van der Waals surface area contributed by atoms with E-state index >= 15 is 0 Å². The van der Waals surface area contributed by atoms with Crippen LogP contribution in [0, 0.1) is 0 Å². The van der Waals surface area contributed by atoms with Crippen LogP contribution in [0.4, 0.5) is 0 Å². The van der Waals surface area contributed by atoms with Crippen molar-refractivity contribution < 1.29 is 4.79 Å². The van der Waals surface area contributed by atoms with E-state index < -0.39 is 0 Å². The summed E-state index contributed by atoms with van der Waals surface area (Å²) >= 11 is 0. The van der Waals surface area contributed by atoms with Gasteiger partial charge in [-0.1, -0.05) is 48.5 Å². The van der Waals surface area contributed by atoms with Crippen molar-refractivity contribution in [2.75, 3.05) is 13.6 Å². The van der Waals surface area contributed by atoms with Crippen LogP contribution < -0.4 is 10.9 Å². The third-order valence-electron chi connectivity index (χ3n) is 4.65. The lowest BCUT2D eigenvalue weighted by atomic mass is 10.1. The number of amides is 1. The topological polar surface area (TPSA) is 80.1 Å². The molecule has 0 fully saturated rings. The van der Waals surface area contributed by atoms with Gasteiger partial charge in [0.1, 0.15) is 5.52 Å². The average Bonchev–Trinajstić information content (AvgIpc) is 2.72. The van der Waals surface area contributed by atoms with Crippen molar-refractivity contribution in [2.45, 2.75) is 33.0 Å². The summed E-state index contributed by atoms with van der Waals surface area (Å²) in [6.07, 6.45) is 0.172. The van der Waals surface area contributed by atoms with Gasteiger partial charge in [-0.2, -0.15) is 0 Å². The van der Waals surface area contributed by atoms with Gasteiger partial charge in [0.15, 0.2) is 0 Å². The van der Waals surface area contributed by atoms with Crippen LogP contribution in [0.1, 0.15) is 24.5 Å². The smallest absolute Gasteiger partial charge is 0.277 e. The highest BCUT2D eigenvalue weighted by Gasteiger charge is 2.08. The van der Waals surface area contributed by atoms with E-state index in [-0.39, 0.29) is 24.4 Å². The number of carbonyl (C=O) groups excluding carboxylic acids is 1. The van der Waals surface area contributed by atoms with Crippen molar-refractivity contribution in [1.82, 2.24) is 25.2 Å². The molecule has 1 aromatic heterocycles. The Kier molecular flexibility index (Phi) is 6.49. The van der Waals surface area contributed by atoms with Gasteiger partial charge in [-0.3, -0.25) is 9.59 Å². The molecule has 0 aliphatic carbocycles. The minimum absolute atomic E-state index is 0.127. The number of rotatable bonds is 8. The fourth-order valence-electron chi connectivity index (χ4n) is 2.93. The molecule has 0 aliphatic heterocycles. The van der Waals surface area contributed by atoms with E-state index in [0.29, 0.717) is 17.4 Å². The number of nitrogens with zero attached hydrogens (tertiary/aromatic N) is 4. The molecule has 0 unspecified atom stereocenters. The maximum Gasteiger partial charge on any atom is 0.277 e. The van der Waals surface area contributed by atoms with Gasteiger partial charge in [-0.25, -0.2) is 4.68 Å². The summed E-state index contributed by atoms with van der Waals surface area (Å²) in [4.78, 5) is 26.8. The second-order valence-electron chi connectivity index (χ2n) is 6.81. The first-order valence-electron chi connectivity index (χ1n) is 9.42. The Balaban J connectivity index is 1.55. The summed E-state index contributed by atoms with van der Waals surface area (Å²) in [5, 5.41) is 11.4. The van der Waals surface area contributed by atoms with Crippen LogP contribution in [0.5, 0.6) is 0 Å². The molecule has 0 saturated carbocycles. The van der Waals surface area contributed by atoms with E-state index in [1.807, 2.05) is 18.2 Å². The van der Waals surface area contributed by atoms with Crippen molar-refractivity contribution in [3.8, 4) is 0 Å². The Labute approximate surface area is 164 Å². The second kappa shape index (κ2) is 9.23. The number of hydrogen-bond donors (Lipinski definition) is 1. The Bertz CT molecular complexity index is 1010. The van der Waals surface area contributed by atoms with E-state index in [4.69, 9.17) is 0 Å². The number of aromatic nitrogens is 3. The van der Waals surface area contributed by atoms with Gasteiger partial charge in [0.25, 0.3) is 5.56 Å². The maximum atomic E-state index is 12.4. The monoisotopic (exact) mass is 379 g/mol. The molecule has 28 heavy (non-hydrogen) atoms. The first-order valence-corrected chi connectivity index (χ1v) is 9.42. The Hall–Kier alpha value is -3.06. The van der Waals surface area contributed by atoms with Gasteiger partial charge in [0, 0.05) is 19.5 Å². The van der Waals surface area contributed by atoms with E-state index in [0.717, 1.165) is 18.7 Å². The first-order chi connectivity index (χ1) is 13.6. The van der Waals surface area contributed by atoms with Crippen LogP contribution in [0.3, 0.4) is 0 Å². The maximum absolute atomic E-state index is 12.4. The van der Waals surface area contributed by atoms with Gasteiger partial charge in [-0.15, -0.1) is 5.10 Å². The molecule has 7 nitrogen and oxygen atoms in total. The summed E-state index contributed by atoms with van der Waals surface area (Å²) in [6.45, 7) is 4.64. The number of fused-ring (bicyclic) bond motifs is 1. The normalized spacial score (nSPS) is 11.1. The number of hydrogen-bond acceptors (Lipinski definition) is 5. The van der Waals surface area contributed by atoms with Crippen LogP contribution in [0.15, 0.2) is 53.3 Å². The van der Waals surface area contributed by atoms with Crippen LogP contribution in [-0.2, 0) is 24.4 Å². The molecule has 0 atom stereocenters.